The number of hydrogen-bond donors (Lipinski definition) is 0. The monoisotopic (exact) mass is 273 g/mol. The summed E-state index contributed by atoms with van der Waals surface area (Å²) in [7, 11) is 4.61. The van der Waals surface area contributed by atoms with Crippen molar-refractivity contribution in [1.29, 1.82) is 0 Å². The average Bonchev–Trinajstić information content (AvgIpc) is 1.46. The topological polar surface area (TPSA) is 17.1 Å². The molecule has 3 heteroatoms. The van der Waals surface area contributed by atoms with E-state index in [1.807, 2.05) is 0 Å². The number of halogens is 1. The van der Waals surface area contributed by atoms with Crippen LogP contribution in [-0.4, -0.2) is 6.29 Å². The fraction of sp³-hybridized carbons (Fsp3) is 0.500. The maximum atomic E-state index is 8.68. The molecular weight excluding hydrogens is 271 g/mol. The van der Waals surface area contributed by atoms with Crippen molar-refractivity contribution in [2.45, 2.75) is 6.92 Å². The second kappa shape index (κ2) is 22.8. The van der Waals surface area contributed by atoms with Gasteiger partial charge in [-0.2, -0.15) is 6.92 Å². The van der Waals surface area contributed by atoms with Crippen LogP contribution < -0.4 is 0 Å². The molecule has 0 aromatic carbocycles. The molecule has 0 rings (SSSR count). The molecule has 0 heterocycles. The third-order valence-corrected chi connectivity index (χ3v) is 0. The molecule has 0 aromatic rings. The Bertz CT molecular complexity index is 17.1. The standard InChI is InChI=1S/C2H3O.ClH.Pt/c1-2-3;;/h1H3;1H;/q-1;;+2/p-1. The van der Waals surface area contributed by atoms with Gasteiger partial charge >= 0.3 is 28.2 Å². The van der Waals surface area contributed by atoms with Crippen molar-refractivity contribution in [2.24, 2.45) is 0 Å². The average molecular weight is 274 g/mol. The molecular formula is C2H3ClOPt. The van der Waals surface area contributed by atoms with Crippen molar-refractivity contribution in [3.63, 3.8) is 0 Å². The van der Waals surface area contributed by atoms with Crippen LogP contribution in [0.5, 0.6) is 0 Å². The van der Waals surface area contributed by atoms with Gasteiger partial charge in [-0.25, -0.2) is 0 Å². The Hall–Kier alpha value is 0.648. The summed E-state index contributed by atoms with van der Waals surface area (Å²) in [5, 5.41) is 0. The molecule has 0 bridgehead atoms. The van der Waals surface area contributed by atoms with Gasteiger partial charge in [-0.05, 0) is 0 Å². The SMILES string of the molecule is C[C-]=O.[Cl][Pt+]. The van der Waals surface area contributed by atoms with Crippen LogP contribution in [0.25, 0.3) is 0 Å². The van der Waals surface area contributed by atoms with E-state index in [4.69, 9.17) is 4.79 Å². The van der Waals surface area contributed by atoms with Crippen molar-refractivity contribution < 1.29 is 23.6 Å². The molecule has 0 amide bonds. The van der Waals surface area contributed by atoms with Crippen LogP contribution in [-0.2, 0) is 23.6 Å². The molecule has 34 valence electrons. The van der Waals surface area contributed by atoms with Gasteiger partial charge in [0.1, 0.15) is 0 Å². The van der Waals surface area contributed by atoms with E-state index in [1.54, 1.807) is 18.8 Å². The van der Waals surface area contributed by atoms with E-state index in [0.29, 0.717) is 0 Å². The minimum atomic E-state index is 1.32. The molecule has 1 nitrogen and oxygen atoms in total. The van der Waals surface area contributed by atoms with E-state index in [-0.39, 0.29) is 0 Å². The van der Waals surface area contributed by atoms with E-state index < -0.39 is 0 Å². The molecule has 0 spiro atoms. The molecule has 0 aliphatic rings. The van der Waals surface area contributed by atoms with Crippen molar-refractivity contribution in [1.82, 2.24) is 0 Å². The van der Waals surface area contributed by atoms with Gasteiger partial charge in [0.15, 0.2) is 0 Å². The van der Waals surface area contributed by atoms with Crippen LogP contribution in [0.2, 0.25) is 0 Å². The first kappa shape index (κ1) is 9.17. The number of carbonyl (C=O) groups excluding carboxylic acids is 1. The Morgan fingerprint density at radius 3 is 1.80 bits per heavy atom. The van der Waals surface area contributed by atoms with E-state index >= 15 is 0 Å². The van der Waals surface area contributed by atoms with Gasteiger partial charge in [-0.3, -0.25) is 6.29 Å². The number of rotatable bonds is 0. The summed E-state index contributed by atoms with van der Waals surface area (Å²) >= 11 is 1.61. The first-order valence-electron chi connectivity index (χ1n) is 0.824. The Balaban J connectivity index is 0. The van der Waals surface area contributed by atoms with Gasteiger partial charge in [0.25, 0.3) is 0 Å². The summed E-state index contributed by atoms with van der Waals surface area (Å²) in [6.45, 7) is 1.32. The minimum absolute atomic E-state index is 1.32. The van der Waals surface area contributed by atoms with Crippen LogP contribution in [0.1, 0.15) is 6.92 Å². The van der Waals surface area contributed by atoms with E-state index in [2.05, 4.69) is 9.42 Å². The van der Waals surface area contributed by atoms with Gasteiger partial charge in [0.05, 0.1) is 0 Å². The maximum absolute atomic E-state index is 8.68. The van der Waals surface area contributed by atoms with Gasteiger partial charge in [0.2, 0.25) is 0 Å². The van der Waals surface area contributed by atoms with Gasteiger partial charge in [-0.1, -0.05) is 0 Å². The Kier molecular flexibility index (Phi) is 41.8. The third-order valence-electron chi connectivity index (χ3n) is 0. The Labute approximate surface area is 46.5 Å². The second-order valence-corrected chi connectivity index (χ2v) is 0.204. The third kappa shape index (κ3) is 77.6. The van der Waals surface area contributed by atoms with E-state index in [1.165, 1.54) is 13.2 Å². The van der Waals surface area contributed by atoms with Crippen molar-refractivity contribution in [2.75, 3.05) is 0 Å². The summed E-state index contributed by atoms with van der Waals surface area (Å²) in [6, 6.07) is 0. The fourth-order valence-electron chi connectivity index (χ4n) is 0. The quantitative estimate of drug-likeness (QED) is 0.597. The predicted octanol–water partition coefficient (Wildman–Crippen LogP) is 0.803. The van der Waals surface area contributed by atoms with E-state index in [9.17, 15) is 0 Å². The van der Waals surface area contributed by atoms with Gasteiger partial charge < -0.3 is 4.79 Å². The predicted molar refractivity (Wildman–Crippen MR) is 17.2 cm³/mol. The number of hydrogen-bond acceptors (Lipinski definition) is 1. The zero-order valence-corrected chi connectivity index (χ0v) is 5.63. The first-order valence-corrected chi connectivity index (χ1v) is 3.64. The molecule has 0 saturated heterocycles. The zero-order valence-electron chi connectivity index (χ0n) is 2.60. The molecule has 0 aromatic heterocycles. The first-order chi connectivity index (χ1) is 2.41. The molecule has 0 saturated carbocycles. The normalized spacial score (nSPS) is 4.00. The Morgan fingerprint density at radius 2 is 1.80 bits per heavy atom. The Morgan fingerprint density at radius 1 is 1.80 bits per heavy atom. The van der Waals surface area contributed by atoms with Crippen molar-refractivity contribution >= 4 is 15.7 Å². The van der Waals surface area contributed by atoms with Crippen LogP contribution in [0.15, 0.2) is 0 Å². The van der Waals surface area contributed by atoms with Crippen molar-refractivity contribution in [3.8, 4) is 0 Å². The summed E-state index contributed by atoms with van der Waals surface area (Å²) in [4.78, 5) is 8.68. The van der Waals surface area contributed by atoms with Gasteiger partial charge in [0, 0.05) is 0 Å². The molecule has 0 unspecified atom stereocenters. The summed E-state index contributed by atoms with van der Waals surface area (Å²) in [6.07, 6.45) is 1.50. The van der Waals surface area contributed by atoms with Crippen LogP contribution in [0.4, 0.5) is 0 Å². The molecule has 0 radical (unpaired) electrons. The molecule has 0 N–H and O–H groups in total. The zero-order chi connectivity index (χ0) is 4.71. The van der Waals surface area contributed by atoms with E-state index in [0.717, 1.165) is 0 Å². The molecule has 0 fully saturated rings. The molecule has 5 heavy (non-hydrogen) atoms. The summed E-state index contributed by atoms with van der Waals surface area (Å²) in [5.41, 5.74) is 0. The van der Waals surface area contributed by atoms with Crippen LogP contribution in [0, 0.1) is 0 Å². The fourth-order valence-corrected chi connectivity index (χ4v) is 0. The van der Waals surface area contributed by atoms with Crippen molar-refractivity contribution in [3.05, 3.63) is 0 Å². The summed E-state index contributed by atoms with van der Waals surface area (Å²) in [5.74, 6) is 0. The van der Waals surface area contributed by atoms with Gasteiger partial charge in [-0.15, -0.1) is 0 Å². The summed E-state index contributed by atoms with van der Waals surface area (Å²) < 4.78 is 0. The van der Waals surface area contributed by atoms with Crippen LogP contribution >= 0.6 is 9.42 Å². The molecule has 0 aliphatic carbocycles. The van der Waals surface area contributed by atoms with Crippen LogP contribution in [0.3, 0.4) is 0 Å². The second-order valence-electron chi connectivity index (χ2n) is 0.204. The molecule has 0 aliphatic heterocycles. The molecule has 0 atom stereocenters.